The van der Waals surface area contributed by atoms with Crippen LogP contribution in [0.1, 0.15) is 13.8 Å². The SMILES string of the molecule is CC1=C(O)C(C)C(C(F)(F)F)C=C1. The van der Waals surface area contributed by atoms with Gasteiger partial charge in [0.15, 0.2) is 0 Å². The minimum Gasteiger partial charge on any atom is -0.512 e. The van der Waals surface area contributed by atoms with Gasteiger partial charge in [0.05, 0.1) is 11.7 Å². The first kappa shape index (κ1) is 10.2. The lowest BCUT2D eigenvalue weighted by molar-refractivity contribution is -0.172. The van der Waals surface area contributed by atoms with Crippen molar-refractivity contribution in [1.82, 2.24) is 0 Å². The monoisotopic (exact) mass is 192 g/mol. The zero-order valence-electron chi connectivity index (χ0n) is 7.39. The second-order valence-corrected chi connectivity index (χ2v) is 3.28. The molecule has 1 nitrogen and oxygen atoms in total. The van der Waals surface area contributed by atoms with Crippen LogP contribution in [0, 0.1) is 11.8 Å². The van der Waals surface area contributed by atoms with Gasteiger partial charge in [0.25, 0.3) is 0 Å². The fourth-order valence-corrected chi connectivity index (χ4v) is 1.42. The summed E-state index contributed by atoms with van der Waals surface area (Å²) in [4.78, 5) is 0. The van der Waals surface area contributed by atoms with E-state index in [0.717, 1.165) is 6.08 Å². The molecule has 13 heavy (non-hydrogen) atoms. The average Bonchev–Trinajstić information content (AvgIpc) is 1.98. The maximum atomic E-state index is 12.3. The molecule has 0 saturated heterocycles. The first-order valence-electron chi connectivity index (χ1n) is 3.98. The van der Waals surface area contributed by atoms with Crippen LogP contribution in [0.4, 0.5) is 13.2 Å². The molecule has 0 aromatic rings. The average molecular weight is 192 g/mol. The molecule has 2 atom stereocenters. The first-order chi connectivity index (χ1) is 5.84. The van der Waals surface area contributed by atoms with E-state index in [0.29, 0.717) is 5.57 Å². The molecule has 0 aromatic carbocycles. The summed E-state index contributed by atoms with van der Waals surface area (Å²) in [6.45, 7) is 2.97. The van der Waals surface area contributed by atoms with Gasteiger partial charge in [0.1, 0.15) is 0 Å². The van der Waals surface area contributed by atoms with E-state index in [2.05, 4.69) is 0 Å². The van der Waals surface area contributed by atoms with Gasteiger partial charge in [-0.2, -0.15) is 13.2 Å². The maximum absolute atomic E-state index is 12.3. The van der Waals surface area contributed by atoms with E-state index < -0.39 is 18.0 Å². The Bertz CT molecular complexity index is 263. The number of aliphatic hydroxyl groups excluding tert-OH is 1. The fourth-order valence-electron chi connectivity index (χ4n) is 1.42. The molecule has 0 fully saturated rings. The fraction of sp³-hybridized carbons (Fsp3) is 0.556. The molecule has 0 amide bonds. The third kappa shape index (κ3) is 1.87. The highest BCUT2D eigenvalue weighted by atomic mass is 19.4. The van der Waals surface area contributed by atoms with Crippen LogP contribution in [0.2, 0.25) is 0 Å². The molecule has 0 spiro atoms. The highest BCUT2D eigenvalue weighted by Crippen LogP contribution is 2.39. The van der Waals surface area contributed by atoms with Gasteiger partial charge in [-0.15, -0.1) is 0 Å². The van der Waals surface area contributed by atoms with Crippen LogP contribution < -0.4 is 0 Å². The summed E-state index contributed by atoms with van der Waals surface area (Å²) in [5.41, 5.74) is 0.507. The van der Waals surface area contributed by atoms with Gasteiger partial charge >= 0.3 is 6.18 Å². The lowest BCUT2D eigenvalue weighted by Gasteiger charge is -2.26. The lowest BCUT2D eigenvalue weighted by Crippen LogP contribution is -2.30. The van der Waals surface area contributed by atoms with Gasteiger partial charge in [0.2, 0.25) is 0 Å². The van der Waals surface area contributed by atoms with Crippen molar-refractivity contribution in [2.24, 2.45) is 11.8 Å². The molecule has 1 aliphatic carbocycles. The van der Waals surface area contributed by atoms with Crippen LogP contribution in [0.5, 0.6) is 0 Å². The van der Waals surface area contributed by atoms with Gasteiger partial charge in [0, 0.05) is 5.92 Å². The van der Waals surface area contributed by atoms with Crippen molar-refractivity contribution >= 4 is 0 Å². The number of hydrogen-bond acceptors (Lipinski definition) is 1. The first-order valence-corrected chi connectivity index (χ1v) is 3.98. The number of hydrogen-bond donors (Lipinski definition) is 1. The molecule has 4 heteroatoms. The van der Waals surface area contributed by atoms with E-state index in [1.807, 2.05) is 0 Å². The van der Waals surface area contributed by atoms with E-state index in [9.17, 15) is 18.3 Å². The van der Waals surface area contributed by atoms with Crippen molar-refractivity contribution in [3.63, 3.8) is 0 Å². The Morgan fingerprint density at radius 3 is 2.38 bits per heavy atom. The molecule has 0 heterocycles. The van der Waals surface area contributed by atoms with Crippen LogP contribution in [-0.2, 0) is 0 Å². The predicted octanol–water partition coefficient (Wildman–Crippen LogP) is 3.20. The Morgan fingerprint density at radius 1 is 1.38 bits per heavy atom. The van der Waals surface area contributed by atoms with Crippen LogP contribution in [-0.4, -0.2) is 11.3 Å². The van der Waals surface area contributed by atoms with Crippen molar-refractivity contribution in [3.05, 3.63) is 23.5 Å². The summed E-state index contributed by atoms with van der Waals surface area (Å²) >= 11 is 0. The molecule has 0 bridgehead atoms. The molecule has 1 rings (SSSR count). The van der Waals surface area contributed by atoms with Crippen LogP contribution in [0.3, 0.4) is 0 Å². The van der Waals surface area contributed by atoms with Gasteiger partial charge in [-0.25, -0.2) is 0 Å². The minimum atomic E-state index is -4.27. The topological polar surface area (TPSA) is 20.2 Å². The Labute approximate surface area is 74.6 Å². The third-order valence-corrected chi connectivity index (χ3v) is 2.31. The van der Waals surface area contributed by atoms with Crippen molar-refractivity contribution in [2.45, 2.75) is 20.0 Å². The second-order valence-electron chi connectivity index (χ2n) is 3.28. The number of alkyl halides is 3. The molecule has 74 valence electrons. The Balaban J connectivity index is 2.94. The summed E-state index contributed by atoms with van der Waals surface area (Å²) in [7, 11) is 0. The van der Waals surface area contributed by atoms with Gasteiger partial charge in [-0.05, 0) is 12.5 Å². The summed E-state index contributed by atoms with van der Waals surface area (Å²) < 4.78 is 36.9. The summed E-state index contributed by atoms with van der Waals surface area (Å²) in [6, 6.07) is 0. The Kier molecular flexibility index (Phi) is 2.41. The summed E-state index contributed by atoms with van der Waals surface area (Å²) in [5, 5.41) is 9.31. The molecule has 0 saturated carbocycles. The van der Waals surface area contributed by atoms with E-state index in [-0.39, 0.29) is 5.76 Å². The third-order valence-electron chi connectivity index (χ3n) is 2.31. The van der Waals surface area contributed by atoms with Crippen molar-refractivity contribution in [1.29, 1.82) is 0 Å². The van der Waals surface area contributed by atoms with Crippen LogP contribution in [0.15, 0.2) is 23.5 Å². The quantitative estimate of drug-likeness (QED) is 0.624. The molecular weight excluding hydrogens is 181 g/mol. The summed E-state index contributed by atoms with van der Waals surface area (Å²) in [6.07, 6.45) is -1.86. The van der Waals surface area contributed by atoms with Gasteiger partial charge in [-0.1, -0.05) is 19.1 Å². The van der Waals surface area contributed by atoms with E-state index in [1.165, 1.54) is 13.0 Å². The van der Waals surface area contributed by atoms with E-state index in [4.69, 9.17) is 0 Å². The van der Waals surface area contributed by atoms with Crippen molar-refractivity contribution < 1.29 is 18.3 Å². The molecular formula is C9H11F3O. The largest absolute Gasteiger partial charge is 0.512 e. The molecule has 0 aromatic heterocycles. The van der Waals surface area contributed by atoms with Crippen molar-refractivity contribution in [3.8, 4) is 0 Å². The molecule has 2 unspecified atom stereocenters. The molecule has 1 N–H and O–H groups in total. The zero-order valence-corrected chi connectivity index (χ0v) is 7.39. The molecule has 0 aliphatic heterocycles. The highest BCUT2D eigenvalue weighted by molar-refractivity contribution is 5.27. The standard InChI is InChI=1S/C9H11F3O/c1-5-3-4-7(9(10,11)12)6(2)8(5)13/h3-4,6-7,13H,1-2H3. The number of rotatable bonds is 0. The van der Waals surface area contributed by atoms with Gasteiger partial charge < -0.3 is 5.11 Å². The number of halogens is 3. The lowest BCUT2D eigenvalue weighted by atomic mass is 9.85. The van der Waals surface area contributed by atoms with E-state index >= 15 is 0 Å². The number of allylic oxidation sites excluding steroid dienone is 4. The van der Waals surface area contributed by atoms with Crippen LogP contribution >= 0.6 is 0 Å². The normalized spacial score (nSPS) is 29.6. The summed E-state index contributed by atoms with van der Waals surface area (Å²) in [5.74, 6) is -2.59. The Morgan fingerprint density at radius 2 is 1.92 bits per heavy atom. The van der Waals surface area contributed by atoms with E-state index in [1.54, 1.807) is 6.92 Å². The van der Waals surface area contributed by atoms with Crippen molar-refractivity contribution in [2.75, 3.05) is 0 Å². The minimum absolute atomic E-state index is 0.162. The zero-order chi connectivity index (χ0) is 10.2. The smallest absolute Gasteiger partial charge is 0.395 e. The predicted molar refractivity (Wildman–Crippen MR) is 43.2 cm³/mol. The van der Waals surface area contributed by atoms with Crippen LogP contribution in [0.25, 0.3) is 0 Å². The number of aliphatic hydroxyl groups is 1. The Hall–Kier alpha value is -0.930. The maximum Gasteiger partial charge on any atom is 0.395 e. The van der Waals surface area contributed by atoms with Gasteiger partial charge in [-0.3, -0.25) is 0 Å². The molecule has 0 radical (unpaired) electrons. The second kappa shape index (κ2) is 3.09. The highest BCUT2D eigenvalue weighted by Gasteiger charge is 2.43. The molecule has 1 aliphatic rings.